The van der Waals surface area contributed by atoms with E-state index >= 15 is 0 Å². The van der Waals surface area contributed by atoms with E-state index in [0.29, 0.717) is 23.7 Å². The molecule has 2 N–H and O–H groups in total. The van der Waals surface area contributed by atoms with Crippen molar-refractivity contribution >= 4 is 0 Å². The van der Waals surface area contributed by atoms with Crippen LogP contribution in [-0.2, 0) is 0 Å². The van der Waals surface area contributed by atoms with Crippen LogP contribution in [0.1, 0.15) is 6.42 Å². The Kier molecular flexibility index (Phi) is 1.47. The SMILES string of the molecule is OCC1=C[C@@H]2[C@@H]([C@@H]3C=C[C@H]2C3)[C@H]1O. The molecule has 3 aliphatic rings. The maximum atomic E-state index is 9.92. The third-order valence-corrected chi connectivity index (χ3v) is 3.92. The highest BCUT2D eigenvalue weighted by Crippen LogP contribution is 2.54. The van der Waals surface area contributed by atoms with Crippen molar-refractivity contribution in [3.63, 3.8) is 0 Å². The molecule has 0 spiro atoms. The van der Waals surface area contributed by atoms with Gasteiger partial charge in [-0.25, -0.2) is 0 Å². The first-order valence-electron chi connectivity index (χ1n) is 4.99. The first-order valence-corrected chi connectivity index (χ1v) is 4.99. The van der Waals surface area contributed by atoms with Crippen molar-refractivity contribution in [1.29, 1.82) is 0 Å². The summed E-state index contributed by atoms with van der Waals surface area (Å²) in [6.07, 6.45) is 7.44. The molecule has 2 bridgehead atoms. The molecule has 1 saturated carbocycles. The average molecular weight is 178 g/mol. The van der Waals surface area contributed by atoms with Gasteiger partial charge in [-0.15, -0.1) is 0 Å². The van der Waals surface area contributed by atoms with Crippen molar-refractivity contribution in [3.8, 4) is 0 Å². The number of rotatable bonds is 1. The van der Waals surface area contributed by atoms with E-state index in [1.807, 2.05) is 0 Å². The van der Waals surface area contributed by atoms with Crippen molar-refractivity contribution in [2.75, 3.05) is 6.61 Å². The lowest BCUT2D eigenvalue weighted by molar-refractivity contribution is 0.113. The number of hydrogen-bond donors (Lipinski definition) is 2. The molecule has 13 heavy (non-hydrogen) atoms. The summed E-state index contributed by atoms with van der Waals surface area (Å²) in [5.74, 6) is 2.07. The molecule has 0 amide bonds. The molecule has 5 atom stereocenters. The summed E-state index contributed by atoms with van der Waals surface area (Å²) >= 11 is 0. The van der Waals surface area contributed by atoms with Crippen LogP contribution in [0.5, 0.6) is 0 Å². The van der Waals surface area contributed by atoms with Crippen LogP contribution in [0.3, 0.4) is 0 Å². The predicted octanol–water partition coefficient (Wildman–Crippen LogP) is 0.718. The van der Waals surface area contributed by atoms with Crippen molar-refractivity contribution in [1.82, 2.24) is 0 Å². The first kappa shape index (κ1) is 7.77. The van der Waals surface area contributed by atoms with Gasteiger partial charge in [-0.3, -0.25) is 0 Å². The number of hydrogen-bond acceptors (Lipinski definition) is 2. The highest BCUT2D eigenvalue weighted by atomic mass is 16.3. The van der Waals surface area contributed by atoms with E-state index in [1.54, 1.807) is 0 Å². The van der Waals surface area contributed by atoms with Gasteiger partial charge in [0, 0.05) is 5.92 Å². The maximum absolute atomic E-state index is 9.92. The molecule has 0 aliphatic heterocycles. The average Bonchev–Trinajstić information content (AvgIpc) is 2.76. The van der Waals surface area contributed by atoms with Crippen LogP contribution in [0.4, 0.5) is 0 Å². The first-order chi connectivity index (χ1) is 6.31. The Morgan fingerprint density at radius 2 is 2.08 bits per heavy atom. The number of fused-ring (bicyclic) bond motifs is 5. The maximum Gasteiger partial charge on any atom is 0.0811 e. The van der Waals surface area contributed by atoms with Gasteiger partial charge in [-0.1, -0.05) is 18.2 Å². The Balaban J connectivity index is 1.95. The topological polar surface area (TPSA) is 40.5 Å². The van der Waals surface area contributed by atoms with Gasteiger partial charge in [-0.2, -0.15) is 0 Å². The monoisotopic (exact) mass is 178 g/mol. The Morgan fingerprint density at radius 1 is 1.31 bits per heavy atom. The molecule has 0 saturated heterocycles. The van der Waals surface area contributed by atoms with Crippen molar-refractivity contribution in [2.45, 2.75) is 12.5 Å². The normalized spacial score (nSPS) is 51.2. The van der Waals surface area contributed by atoms with Crippen molar-refractivity contribution < 1.29 is 10.2 Å². The zero-order chi connectivity index (χ0) is 9.00. The second kappa shape index (κ2) is 2.46. The van der Waals surface area contributed by atoms with Gasteiger partial charge in [0.1, 0.15) is 0 Å². The minimum Gasteiger partial charge on any atom is -0.392 e. The molecule has 70 valence electrons. The zero-order valence-corrected chi connectivity index (χ0v) is 7.43. The van der Waals surface area contributed by atoms with E-state index in [9.17, 15) is 5.11 Å². The van der Waals surface area contributed by atoms with E-state index in [2.05, 4.69) is 18.2 Å². The summed E-state index contributed by atoms with van der Waals surface area (Å²) in [7, 11) is 0. The smallest absolute Gasteiger partial charge is 0.0811 e. The molecule has 0 heterocycles. The Hall–Kier alpha value is -0.600. The molecule has 2 heteroatoms. The predicted molar refractivity (Wildman–Crippen MR) is 48.9 cm³/mol. The summed E-state index contributed by atoms with van der Waals surface area (Å²) in [6.45, 7) is 0.0214. The molecule has 0 aromatic heterocycles. The minimum absolute atomic E-state index is 0.0214. The van der Waals surface area contributed by atoms with E-state index in [-0.39, 0.29) is 12.7 Å². The number of allylic oxidation sites excluding steroid dienone is 3. The fourth-order valence-corrected chi connectivity index (χ4v) is 3.32. The van der Waals surface area contributed by atoms with Crippen molar-refractivity contribution in [2.24, 2.45) is 23.7 Å². The van der Waals surface area contributed by atoms with E-state index in [4.69, 9.17) is 5.11 Å². The van der Waals surface area contributed by atoms with Crippen LogP contribution >= 0.6 is 0 Å². The van der Waals surface area contributed by atoms with Crippen LogP contribution in [0.2, 0.25) is 0 Å². The van der Waals surface area contributed by atoms with Crippen LogP contribution in [0.15, 0.2) is 23.8 Å². The number of aliphatic hydroxyl groups excluding tert-OH is 2. The molecule has 0 unspecified atom stereocenters. The van der Waals surface area contributed by atoms with Gasteiger partial charge >= 0.3 is 0 Å². The fraction of sp³-hybridized carbons (Fsp3) is 0.636. The molecule has 0 aromatic carbocycles. The fourth-order valence-electron chi connectivity index (χ4n) is 3.32. The highest BCUT2D eigenvalue weighted by Gasteiger charge is 2.50. The minimum atomic E-state index is -0.380. The second-order valence-corrected chi connectivity index (χ2v) is 4.45. The Bertz CT molecular complexity index is 292. The van der Waals surface area contributed by atoms with Gasteiger partial charge in [-0.05, 0) is 29.7 Å². The van der Waals surface area contributed by atoms with E-state index in [0.717, 1.165) is 5.57 Å². The quantitative estimate of drug-likeness (QED) is 0.581. The van der Waals surface area contributed by atoms with Gasteiger partial charge < -0.3 is 10.2 Å². The zero-order valence-electron chi connectivity index (χ0n) is 7.43. The summed E-state index contributed by atoms with van der Waals surface area (Å²) < 4.78 is 0. The van der Waals surface area contributed by atoms with Gasteiger partial charge in [0.05, 0.1) is 12.7 Å². The summed E-state index contributed by atoms with van der Waals surface area (Å²) in [4.78, 5) is 0. The molecule has 3 aliphatic carbocycles. The second-order valence-electron chi connectivity index (χ2n) is 4.45. The standard InChI is InChI=1S/C11H14O2/c12-5-8-4-9-6-1-2-7(3-6)10(9)11(8)13/h1-2,4,6-7,9-13H,3,5H2/t6-,7+,9-,10+,11-/m0/s1. The van der Waals surface area contributed by atoms with Gasteiger partial charge in [0.15, 0.2) is 0 Å². The lowest BCUT2D eigenvalue weighted by Gasteiger charge is -2.23. The molecule has 1 fully saturated rings. The number of aliphatic hydroxyl groups is 2. The molecule has 0 aromatic rings. The molecular weight excluding hydrogens is 164 g/mol. The third kappa shape index (κ3) is 0.851. The highest BCUT2D eigenvalue weighted by molar-refractivity contribution is 5.30. The summed E-state index contributed by atoms with van der Waals surface area (Å²) in [6, 6.07) is 0. The van der Waals surface area contributed by atoms with Crippen LogP contribution in [0.25, 0.3) is 0 Å². The van der Waals surface area contributed by atoms with Crippen molar-refractivity contribution in [3.05, 3.63) is 23.8 Å². The molecule has 3 rings (SSSR count). The molecule has 0 radical (unpaired) electrons. The van der Waals surface area contributed by atoms with Crippen LogP contribution < -0.4 is 0 Å². The van der Waals surface area contributed by atoms with Crippen LogP contribution in [0, 0.1) is 23.7 Å². The Labute approximate surface area is 77.6 Å². The van der Waals surface area contributed by atoms with E-state index in [1.165, 1.54) is 6.42 Å². The molecular formula is C11H14O2. The third-order valence-electron chi connectivity index (χ3n) is 3.92. The Morgan fingerprint density at radius 3 is 2.77 bits per heavy atom. The van der Waals surface area contributed by atoms with E-state index < -0.39 is 0 Å². The largest absolute Gasteiger partial charge is 0.392 e. The van der Waals surface area contributed by atoms with Gasteiger partial charge in [0.25, 0.3) is 0 Å². The lowest BCUT2D eigenvalue weighted by Crippen LogP contribution is -2.26. The summed E-state index contributed by atoms with van der Waals surface area (Å²) in [5, 5.41) is 19.0. The molecule has 2 nitrogen and oxygen atoms in total. The van der Waals surface area contributed by atoms with Crippen LogP contribution in [-0.4, -0.2) is 22.9 Å². The summed E-state index contributed by atoms with van der Waals surface area (Å²) in [5.41, 5.74) is 0.841. The van der Waals surface area contributed by atoms with Gasteiger partial charge in [0.2, 0.25) is 0 Å². The lowest BCUT2D eigenvalue weighted by atomic mass is 9.84.